The minimum atomic E-state index is -0.636. The molecule has 0 heterocycles. The molecule has 0 rings (SSSR count). The van der Waals surface area contributed by atoms with E-state index < -0.39 is 17.4 Å². The van der Waals surface area contributed by atoms with Crippen molar-refractivity contribution in [1.29, 1.82) is 0 Å². The van der Waals surface area contributed by atoms with E-state index in [1.54, 1.807) is 0 Å². The first-order valence-electron chi connectivity index (χ1n) is 6.37. The quantitative estimate of drug-likeness (QED) is 0.300. The number of carbonyl (C=O) groups is 2. The molecule has 122 valence electrons. The van der Waals surface area contributed by atoms with Crippen LogP contribution in [0.1, 0.15) is 13.3 Å². The highest BCUT2D eigenvalue weighted by Crippen LogP contribution is 2.25. The lowest BCUT2D eigenvalue weighted by Gasteiger charge is -2.31. The Labute approximate surface area is 142 Å². The summed E-state index contributed by atoms with van der Waals surface area (Å²) in [5.41, 5.74) is -0.636. The van der Waals surface area contributed by atoms with Crippen molar-refractivity contribution in [3.8, 4) is 0 Å². The Hall–Kier alpha value is -0.470. The molecule has 8 heteroatoms. The summed E-state index contributed by atoms with van der Waals surface area (Å²) in [7, 11) is 0. The summed E-state index contributed by atoms with van der Waals surface area (Å²) in [4.78, 5) is 22.5. The molecule has 0 aliphatic rings. The van der Waals surface area contributed by atoms with Gasteiger partial charge in [0.15, 0.2) is 0 Å². The second-order valence-corrected chi connectivity index (χ2v) is 5.43. The average molecular weight is 355 g/mol. The Balaban J connectivity index is 4.76. The van der Waals surface area contributed by atoms with Gasteiger partial charge in [0.2, 0.25) is 0 Å². The maximum atomic E-state index is 11.3. The number of esters is 2. The van der Waals surface area contributed by atoms with Gasteiger partial charge in [0, 0.05) is 5.75 Å². The molecule has 0 saturated heterocycles. The SMILES string of the molecule is C=C(CS)OCC(CC)(COC(=O)CS)COC(=O)CS. The molecule has 21 heavy (non-hydrogen) atoms. The molecule has 0 saturated carbocycles. The van der Waals surface area contributed by atoms with E-state index in [0.717, 1.165) is 0 Å². The van der Waals surface area contributed by atoms with Crippen LogP contribution < -0.4 is 0 Å². The van der Waals surface area contributed by atoms with Crippen LogP contribution in [0, 0.1) is 5.41 Å². The highest BCUT2D eigenvalue weighted by molar-refractivity contribution is 7.81. The fourth-order valence-electron chi connectivity index (χ4n) is 1.29. The van der Waals surface area contributed by atoms with Crippen LogP contribution in [0.25, 0.3) is 0 Å². The number of thiol groups is 3. The predicted octanol–water partition coefficient (Wildman–Crippen LogP) is 1.79. The molecule has 0 N–H and O–H groups in total. The Bertz CT molecular complexity index is 309. The van der Waals surface area contributed by atoms with E-state index in [1.165, 1.54) is 0 Å². The summed E-state index contributed by atoms with van der Waals surface area (Å²) in [6.45, 7) is 5.95. The first kappa shape index (κ1) is 20.5. The van der Waals surface area contributed by atoms with Crippen molar-refractivity contribution in [2.24, 2.45) is 5.41 Å². The Morgan fingerprint density at radius 1 is 0.905 bits per heavy atom. The average Bonchev–Trinajstić information content (AvgIpc) is 2.53. The van der Waals surface area contributed by atoms with Crippen molar-refractivity contribution >= 4 is 49.8 Å². The zero-order valence-corrected chi connectivity index (χ0v) is 14.7. The summed E-state index contributed by atoms with van der Waals surface area (Å²) >= 11 is 11.8. The van der Waals surface area contributed by atoms with Crippen LogP contribution in [0.5, 0.6) is 0 Å². The van der Waals surface area contributed by atoms with Gasteiger partial charge in [-0.25, -0.2) is 0 Å². The topological polar surface area (TPSA) is 61.8 Å². The molecule has 0 aromatic heterocycles. The van der Waals surface area contributed by atoms with E-state index >= 15 is 0 Å². The van der Waals surface area contributed by atoms with Gasteiger partial charge >= 0.3 is 11.9 Å². The molecule has 5 nitrogen and oxygen atoms in total. The molecule has 0 radical (unpaired) electrons. The maximum Gasteiger partial charge on any atom is 0.315 e. The van der Waals surface area contributed by atoms with Gasteiger partial charge < -0.3 is 14.2 Å². The molecule has 0 atom stereocenters. The molecule has 0 aliphatic heterocycles. The lowest BCUT2D eigenvalue weighted by Crippen LogP contribution is -2.38. The molecule has 0 aromatic carbocycles. The van der Waals surface area contributed by atoms with Gasteiger partial charge in [-0.3, -0.25) is 9.59 Å². The van der Waals surface area contributed by atoms with E-state index in [4.69, 9.17) is 14.2 Å². The number of hydrogen-bond donors (Lipinski definition) is 3. The minimum Gasteiger partial charge on any atom is -0.497 e. The molecule has 0 aromatic rings. The summed E-state index contributed by atoms with van der Waals surface area (Å²) < 4.78 is 15.7. The zero-order chi connectivity index (χ0) is 16.3. The van der Waals surface area contributed by atoms with Crippen molar-refractivity contribution in [2.45, 2.75) is 13.3 Å². The van der Waals surface area contributed by atoms with E-state index in [9.17, 15) is 9.59 Å². The standard InChI is InChI=1S/C13H22O5S3/c1-3-13(7-16-10(2)4-19,8-17-11(14)5-20)9-18-12(15)6-21/h19-21H,2-9H2,1H3. The van der Waals surface area contributed by atoms with Crippen LogP contribution in [0.15, 0.2) is 12.3 Å². The van der Waals surface area contributed by atoms with E-state index in [0.29, 0.717) is 17.9 Å². The Morgan fingerprint density at radius 2 is 1.33 bits per heavy atom. The summed E-state index contributed by atoms with van der Waals surface area (Å²) in [5, 5.41) is 0. The van der Waals surface area contributed by atoms with Crippen molar-refractivity contribution in [3.05, 3.63) is 12.3 Å². The first-order chi connectivity index (χ1) is 9.92. The highest BCUT2D eigenvalue weighted by Gasteiger charge is 2.33. The van der Waals surface area contributed by atoms with E-state index in [-0.39, 0.29) is 31.3 Å². The zero-order valence-electron chi connectivity index (χ0n) is 12.0. The molecule has 0 unspecified atom stereocenters. The van der Waals surface area contributed by atoms with Gasteiger partial charge in [-0.1, -0.05) is 13.5 Å². The molecular weight excluding hydrogens is 332 g/mol. The van der Waals surface area contributed by atoms with Crippen LogP contribution in [0.2, 0.25) is 0 Å². The number of carbonyl (C=O) groups excluding carboxylic acids is 2. The Morgan fingerprint density at radius 3 is 1.67 bits per heavy atom. The van der Waals surface area contributed by atoms with Crippen LogP contribution in [0.4, 0.5) is 0 Å². The third-order valence-electron chi connectivity index (χ3n) is 2.85. The van der Waals surface area contributed by atoms with E-state index in [1.807, 2.05) is 6.92 Å². The van der Waals surface area contributed by atoms with Crippen LogP contribution in [-0.2, 0) is 23.8 Å². The third-order valence-corrected chi connectivity index (χ3v) is 3.71. The van der Waals surface area contributed by atoms with Crippen LogP contribution >= 0.6 is 37.9 Å². The van der Waals surface area contributed by atoms with Gasteiger partial charge in [0.1, 0.15) is 13.2 Å². The molecule has 0 bridgehead atoms. The minimum absolute atomic E-state index is 0.0135. The largest absolute Gasteiger partial charge is 0.497 e. The van der Waals surface area contributed by atoms with Crippen molar-refractivity contribution in [1.82, 2.24) is 0 Å². The normalized spacial score (nSPS) is 10.9. The molecule has 0 aliphatic carbocycles. The predicted molar refractivity (Wildman–Crippen MR) is 91.3 cm³/mol. The van der Waals surface area contributed by atoms with Gasteiger partial charge in [-0.05, 0) is 6.42 Å². The lowest BCUT2D eigenvalue weighted by atomic mass is 9.88. The first-order valence-corrected chi connectivity index (χ1v) is 8.27. The maximum absolute atomic E-state index is 11.3. The third kappa shape index (κ3) is 8.53. The summed E-state index contributed by atoms with van der Waals surface area (Å²) in [5.74, 6) is -0.0281. The fraction of sp³-hybridized carbons (Fsp3) is 0.692. The van der Waals surface area contributed by atoms with Crippen molar-refractivity contribution in [3.63, 3.8) is 0 Å². The number of hydrogen-bond acceptors (Lipinski definition) is 8. The van der Waals surface area contributed by atoms with Gasteiger partial charge in [-0.2, -0.15) is 37.9 Å². The Kier molecular flexibility index (Phi) is 10.9. The molecular formula is C13H22O5S3. The van der Waals surface area contributed by atoms with Crippen molar-refractivity contribution in [2.75, 3.05) is 37.1 Å². The lowest BCUT2D eigenvalue weighted by molar-refractivity contribution is -0.153. The summed E-state index contributed by atoms with van der Waals surface area (Å²) in [6.07, 6.45) is 0.590. The van der Waals surface area contributed by atoms with Gasteiger partial charge in [0.25, 0.3) is 0 Å². The van der Waals surface area contributed by atoms with Crippen LogP contribution in [-0.4, -0.2) is 49.0 Å². The fourth-order valence-corrected chi connectivity index (χ4v) is 1.56. The molecule has 0 fully saturated rings. The van der Waals surface area contributed by atoms with Crippen molar-refractivity contribution < 1.29 is 23.8 Å². The monoisotopic (exact) mass is 354 g/mol. The second kappa shape index (κ2) is 11.1. The highest BCUT2D eigenvalue weighted by atomic mass is 32.1. The smallest absolute Gasteiger partial charge is 0.315 e. The van der Waals surface area contributed by atoms with Gasteiger partial charge in [-0.15, -0.1) is 0 Å². The second-order valence-electron chi connectivity index (χ2n) is 4.48. The molecule has 0 amide bonds. The summed E-state index contributed by atoms with van der Waals surface area (Å²) in [6, 6.07) is 0. The number of ether oxygens (including phenoxy) is 3. The van der Waals surface area contributed by atoms with Crippen LogP contribution in [0.3, 0.4) is 0 Å². The number of rotatable bonds is 11. The molecule has 0 spiro atoms. The van der Waals surface area contributed by atoms with E-state index in [2.05, 4.69) is 44.5 Å². The van der Waals surface area contributed by atoms with Gasteiger partial charge in [0.05, 0.1) is 29.3 Å².